The molecule has 4 rings (SSSR count). The van der Waals surface area contributed by atoms with Crippen LogP contribution in [0.15, 0.2) is 55.6 Å². The van der Waals surface area contributed by atoms with E-state index in [9.17, 15) is 24.3 Å². The molecule has 0 aromatic heterocycles. The molecule has 252 valence electrons. The maximum Gasteiger partial charge on any atom is 0.313 e. The first-order valence-corrected chi connectivity index (χ1v) is 17.1. The lowest BCUT2D eigenvalue weighted by molar-refractivity contribution is -0.163. The maximum absolute atomic E-state index is 14.6. The van der Waals surface area contributed by atoms with Crippen LogP contribution in [-0.4, -0.2) is 92.4 Å². The van der Waals surface area contributed by atoms with Gasteiger partial charge in [-0.25, -0.2) is 0 Å². The van der Waals surface area contributed by atoms with Crippen molar-refractivity contribution >= 4 is 39.6 Å². The summed E-state index contributed by atoms with van der Waals surface area (Å²) in [6.45, 7) is 16.7. The molecule has 3 amide bonds. The van der Waals surface area contributed by atoms with Gasteiger partial charge in [-0.3, -0.25) is 19.2 Å². The molecule has 2 bridgehead atoms. The lowest BCUT2D eigenvalue weighted by Gasteiger charge is -2.41. The van der Waals surface area contributed by atoms with Crippen LogP contribution in [0.5, 0.6) is 0 Å². The number of esters is 1. The summed E-state index contributed by atoms with van der Waals surface area (Å²) in [5.41, 5.74) is -0.619. The first-order valence-electron chi connectivity index (χ1n) is 16.2. The van der Waals surface area contributed by atoms with Crippen molar-refractivity contribution in [2.45, 2.75) is 101 Å². The zero-order valence-electron chi connectivity index (χ0n) is 27.4. The Labute approximate surface area is 280 Å². The van der Waals surface area contributed by atoms with Gasteiger partial charge in [0.1, 0.15) is 17.7 Å². The summed E-state index contributed by atoms with van der Waals surface area (Å²) in [6, 6.07) is 6.64. The standard InChI is InChI=1S/C35H48BrN3O7/c1-8-10-16-26(41)37-22(7)29(23-14-12-11-13-15-23)45-34(44)27-28-32(42)39(25(19-40)20(3)4)31(33(43)38(17-9-2)21(5)6)35(28)18-24(36)30(27)46-35/h8-9,11-15,20-22,24-25,27-31,40H,1-2,10,16-19H2,3-7H3,(H,37,41)/t22-,24?,25+,27+,28-,29-,30+,31+,35-/m1/s1. The van der Waals surface area contributed by atoms with Gasteiger partial charge in [-0.15, -0.1) is 13.2 Å². The number of allylic oxidation sites excluding steroid dienone is 1. The Morgan fingerprint density at radius 3 is 2.41 bits per heavy atom. The number of carbonyl (C=O) groups excluding carboxylic acids is 4. The lowest BCUT2D eigenvalue weighted by atomic mass is 9.70. The van der Waals surface area contributed by atoms with Crippen molar-refractivity contribution in [1.29, 1.82) is 0 Å². The molecule has 0 radical (unpaired) electrons. The van der Waals surface area contributed by atoms with Crippen LogP contribution in [0.2, 0.25) is 0 Å². The van der Waals surface area contributed by atoms with E-state index in [1.54, 1.807) is 24.0 Å². The van der Waals surface area contributed by atoms with Crippen LogP contribution in [0.3, 0.4) is 0 Å². The molecule has 1 aromatic rings. The highest BCUT2D eigenvalue weighted by Crippen LogP contribution is 2.61. The van der Waals surface area contributed by atoms with Gasteiger partial charge in [-0.2, -0.15) is 0 Å². The first kappa shape index (κ1) is 35.8. The minimum atomic E-state index is -1.31. The fourth-order valence-corrected chi connectivity index (χ4v) is 8.33. The smallest absolute Gasteiger partial charge is 0.313 e. The van der Waals surface area contributed by atoms with E-state index < -0.39 is 59.6 Å². The van der Waals surface area contributed by atoms with Gasteiger partial charge in [0.25, 0.3) is 0 Å². The van der Waals surface area contributed by atoms with Crippen molar-refractivity contribution in [1.82, 2.24) is 15.1 Å². The number of rotatable bonds is 15. The quantitative estimate of drug-likeness (QED) is 0.161. The summed E-state index contributed by atoms with van der Waals surface area (Å²) in [7, 11) is 0. The van der Waals surface area contributed by atoms with Crippen LogP contribution in [0.1, 0.15) is 65.5 Å². The number of aliphatic hydroxyl groups excluding tert-OH is 1. The number of benzene rings is 1. The largest absolute Gasteiger partial charge is 0.455 e. The molecule has 3 fully saturated rings. The van der Waals surface area contributed by atoms with E-state index >= 15 is 0 Å². The average molecular weight is 703 g/mol. The monoisotopic (exact) mass is 701 g/mol. The minimum Gasteiger partial charge on any atom is -0.455 e. The number of likely N-dealkylation sites (tertiary alicyclic amines) is 1. The second-order valence-electron chi connectivity index (χ2n) is 13.2. The highest BCUT2D eigenvalue weighted by molar-refractivity contribution is 9.09. The summed E-state index contributed by atoms with van der Waals surface area (Å²) in [4.78, 5) is 58.8. The molecule has 3 heterocycles. The van der Waals surface area contributed by atoms with Gasteiger partial charge in [0.15, 0.2) is 0 Å². The van der Waals surface area contributed by atoms with E-state index in [1.807, 2.05) is 58.0 Å². The number of nitrogens with zero attached hydrogens (tertiary/aromatic N) is 2. The number of halogens is 1. The Bertz CT molecular complexity index is 1310. The van der Waals surface area contributed by atoms with Crippen LogP contribution < -0.4 is 5.32 Å². The normalized spacial score (nSPS) is 28.5. The average Bonchev–Trinajstić information content (AvgIpc) is 3.61. The number of fused-ring (bicyclic) bond motifs is 1. The number of alkyl halides is 1. The minimum absolute atomic E-state index is 0.179. The molecule has 3 saturated heterocycles. The van der Waals surface area contributed by atoms with Gasteiger partial charge >= 0.3 is 5.97 Å². The summed E-state index contributed by atoms with van der Waals surface area (Å²) in [6.07, 6.45) is 2.83. The van der Waals surface area contributed by atoms with E-state index in [4.69, 9.17) is 9.47 Å². The number of ether oxygens (including phenoxy) is 2. The highest BCUT2D eigenvalue weighted by atomic mass is 79.9. The van der Waals surface area contributed by atoms with E-state index in [1.165, 1.54) is 4.90 Å². The zero-order chi connectivity index (χ0) is 33.9. The summed E-state index contributed by atoms with van der Waals surface area (Å²) < 4.78 is 12.9. The molecular weight excluding hydrogens is 654 g/mol. The predicted octanol–water partition coefficient (Wildman–Crippen LogP) is 3.93. The molecule has 11 heteroatoms. The van der Waals surface area contributed by atoms with Gasteiger partial charge in [0.05, 0.1) is 36.6 Å². The van der Waals surface area contributed by atoms with Crippen molar-refractivity contribution in [2.75, 3.05) is 13.2 Å². The second-order valence-corrected chi connectivity index (χ2v) is 14.4. The van der Waals surface area contributed by atoms with Crippen LogP contribution >= 0.6 is 15.9 Å². The molecule has 2 N–H and O–H groups in total. The Morgan fingerprint density at radius 1 is 1.17 bits per heavy atom. The Hall–Kier alpha value is -3.02. The van der Waals surface area contributed by atoms with Gasteiger partial charge in [0.2, 0.25) is 17.7 Å². The van der Waals surface area contributed by atoms with Crippen molar-refractivity contribution in [3.05, 3.63) is 61.2 Å². The number of hydrogen-bond donors (Lipinski definition) is 2. The molecule has 10 nitrogen and oxygen atoms in total. The van der Waals surface area contributed by atoms with Crippen molar-refractivity contribution in [3.63, 3.8) is 0 Å². The van der Waals surface area contributed by atoms with E-state index in [0.717, 1.165) is 0 Å². The number of carbonyl (C=O) groups is 4. The number of aliphatic hydroxyl groups is 1. The summed E-state index contributed by atoms with van der Waals surface area (Å²) in [5, 5.41) is 13.4. The fourth-order valence-electron chi connectivity index (χ4n) is 7.39. The van der Waals surface area contributed by atoms with E-state index in [-0.39, 0.29) is 48.2 Å². The Morgan fingerprint density at radius 2 is 1.85 bits per heavy atom. The molecule has 3 aliphatic rings. The first-order chi connectivity index (χ1) is 21.8. The molecular formula is C35H48BrN3O7. The summed E-state index contributed by atoms with van der Waals surface area (Å²) in [5.74, 6) is -3.74. The molecule has 0 aliphatic carbocycles. The van der Waals surface area contributed by atoms with Crippen molar-refractivity contribution in [2.24, 2.45) is 17.8 Å². The topological polar surface area (TPSA) is 125 Å². The molecule has 3 aliphatic heterocycles. The molecule has 0 saturated carbocycles. The fraction of sp³-hybridized carbons (Fsp3) is 0.600. The molecule has 9 atom stereocenters. The van der Waals surface area contributed by atoms with Gasteiger partial charge in [0, 0.05) is 23.8 Å². The third kappa shape index (κ3) is 6.55. The van der Waals surface area contributed by atoms with Gasteiger partial charge < -0.3 is 29.7 Å². The molecule has 1 spiro atoms. The molecule has 1 aromatic carbocycles. The predicted molar refractivity (Wildman–Crippen MR) is 178 cm³/mol. The zero-order valence-corrected chi connectivity index (χ0v) is 29.0. The van der Waals surface area contributed by atoms with Crippen LogP contribution in [-0.2, 0) is 28.7 Å². The van der Waals surface area contributed by atoms with Crippen LogP contribution in [0.4, 0.5) is 0 Å². The summed E-state index contributed by atoms with van der Waals surface area (Å²) >= 11 is 3.71. The van der Waals surface area contributed by atoms with Gasteiger partial charge in [-0.1, -0.05) is 72.3 Å². The third-order valence-corrected chi connectivity index (χ3v) is 10.4. The van der Waals surface area contributed by atoms with Crippen LogP contribution in [0, 0.1) is 17.8 Å². The number of nitrogens with one attached hydrogen (secondary N) is 1. The second kappa shape index (κ2) is 14.8. The van der Waals surface area contributed by atoms with Crippen molar-refractivity contribution < 1.29 is 33.8 Å². The Balaban J connectivity index is 1.74. The SMILES string of the molecule is C=CCCC(=O)N[C@H](C)[C@@H](OC(=O)[C@@H]1[C@H]2O[C@@]3(CC2Br)[C@H](C(=O)N(CC=C)C(C)C)N([C@@H](CO)C(C)C)C(=O)[C@@H]13)c1ccccc1. The third-order valence-electron chi connectivity index (χ3n) is 9.57. The lowest BCUT2D eigenvalue weighted by Crippen LogP contribution is -2.60. The van der Waals surface area contributed by atoms with Gasteiger partial charge in [-0.05, 0) is 45.1 Å². The number of amides is 3. The maximum atomic E-state index is 14.6. The van der Waals surface area contributed by atoms with E-state index in [0.29, 0.717) is 18.4 Å². The van der Waals surface area contributed by atoms with Crippen molar-refractivity contribution in [3.8, 4) is 0 Å². The van der Waals surface area contributed by atoms with E-state index in [2.05, 4.69) is 34.4 Å². The highest BCUT2D eigenvalue weighted by Gasteiger charge is 2.77. The Kier molecular flexibility index (Phi) is 11.5. The molecule has 46 heavy (non-hydrogen) atoms. The van der Waals surface area contributed by atoms with Crippen LogP contribution in [0.25, 0.3) is 0 Å². The number of hydrogen-bond acceptors (Lipinski definition) is 7. The molecule has 1 unspecified atom stereocenters.